The lowest BCUT2D eigenvalue weighted by atomic mass is 10.1. The first-order chi connectivity index (χ1) is 9.47. The van der Waals surface area contributed by atoms with Gasteiger partial charge in [0.25, 0.3) is 0 Å². The van der Waals surface area contributed by atoms with E-state index in [1.165, 1.54) is 23.0 Å². The maximum absolute atomic E-state index is 13.1. The van der Waals surface area contributed by atoms with Crippen molar-refractivity contribution in [3.63, 3.8) is 0 Å². The number of anilines is 1. The minimum atomic E-state index is -4.49. The molecule has 3 aromatic rings. The van der Waals surface area contributed by atoms with Gasteiger partial charge in [0, 0.05) is 11.1 Å². The highest BCUT2D eigenvalue weighted by Crippen LogP contribution is 2.35. The van der Waals surface area contributed by atoms with Crippen molar-refractivity contribution < 1.29 is 13.2 Å². The Bertz CT molecular complexity index is 775. The summed E-state index contributed by atoms with van der Waals surface area (Å²) in [6, 6.07) is 10.8. The van der Waals surface area contributed by atoms with Gasteiger partial charge >= 0.3 is 6.18 Å². The van der Waals surface area contributed by atoms with E-state index in [2.05, 4.69) is 5.10 Å². The third-order valence-corrected chi connectivity index (χ3v) is 3.03. The van der Waals surface area contributed by atoms with E-state index in [9.17, 15) is 13.2 Å². The summed E-state index contributed by atoms with van der Waals surface area (Å²) >= 11 is 0. The minimum absolute atomic E-state index is 0.0344. The van der Waals surface area contributed by atoms with Gasteiger partial charge in [0.05, 0.1) is 23.0 Å². The van der Waals surface area contributed by atoms with Crippen molar-refractivity contribution in [1.82, 2.24) is 9.78 Å². The van der Waals surface area contributed by atoms with E-state index in [0.717, 1.165) is 11.5 Å². The van der Waals surface area contributed by atoms with Crippen molar-refractivity contribution in [1.29, 1.82) is 0 Å². The Labute approximate surface area is 112 Å². The van der Waals surface area contributed by atoms with Gasteiger partial charge in [-0.1, -0.05) is 18.2 Å². The second kappa shape index (κ2) is 4.26. The summed E-state index contributed by atoms with van der Waals surface area (Å²) in [6.07, 6.45) is -2.95. The molecule has 102 valence electrons. The summed E-state index contributed by atoms with van der Waals surface area (Å²) in [6.45, 7) is 0. The number of benzene rings is 2. The molecule has 2 aromatic carbocycles. The largest absolute Gasteiger partial charge is 0.418 e. The molecular weight excluding hydrogens is 267 g/mol. The molecule has 0 spiro atoms. The van der Waals surface area contributed by atoms with E-state index in [4.69, 9.17) is 5.73 Å². The van der Waals surface area contributed by atoms with E-state index >= 15 is 0 Å². The van der Waals surface area contributed by atoms with E-state index in [1.54, 1.807) is 18.2 Å². The maximum atomic E-state index is 13.1. The predicted molar refractivity (Wildman–Crippen MR) is 70.5 cm³/mol. The third kappa shape index (κ3) is 1.99. The zero-order valence-electron chi connectivity index (χ0n) is 10.2. The van der Waals surface area contributed by atoms with Crippen LogP contribution in [0.3, 0.4) is 0 Å². The SMILES string of the molecule is Nc1ccc(-n2ncc3ccccc32)c(C(F)(F)F)c1. The highest BCUT2D eigenvalue weighted by atomic mass is 19.4. The molecule has 0 bridgehead atoms. The third-order valence-electron chi connectivity index (χ3n) is 3.03. The number of para-hydroxylation sites is 1. The van der Waals surface area contributed by atoms with Crippen LogP contribution in [-0.2, 0) is 6.18 Å². The van der Waals surface area contributed by atoms with Gasteiger partial charge in [0.15, 0.2) is 0 Å². The summed E-state index contributed by atoms with van der Waals surface area (Å²) in [4.78, 5) is 0. The molecule has 0 aliphatic heterocycles. The first kappa shape index (κ1) is 12.5. The number of hydrogen-bond donors (Lipinski definition) is 1. The number of hydrogen-bond acceptors (Lipinski definition) is 2. The number of rotatable bonds is 1. The summed E-state index contributed by atoms with van der Waals surface area (Å²) in [5, 5.41) is 4.82. The van der Waals surface area contributed by atoms with Crippen LogP contribution < -0.4 is 5.73 Å². The van der Waals surface area contributed by atoms with Crippen molar-refractivity contribution in [2.24, 2.45) is 0 Å². The molecule has 0 unspecified atom stereocenters. The first-order valence-corrected chi connectivity index (χ1v) is 5.87. The van der Waals surface area contributed by atoms with Crippen molar-refractivity contribution in [2.75, 3.05) is 5.73 Å². The normalized spacial score (nSPS) is 11.9. The zero-order chi connectivity index (χ0) is 14.3. The fraction of sp³-hybridized carbons (Fsp3) is 0.0714. The molecule has 3 rings (SSSR count). The molecule has 6 heteroatoms. The van der Waals surface area contributed by atoms with E-state index in [-0.39, 0.29) is 11.4 Å². The molecule has 0 aliphatic rings. The average Bonchev–Trinajstić information content (AvgIpc) is 2.81. The van der Waals surface area contributed by atoms with Gasteiger partial charge in [-0.15, -0.1) is 0 Å². The van der Waals surface area contributed by atoms with E-state index < -0.39 is 11.7 Å². The number of halogens is 3. The lowest BCUT2D eigenvalue weighted by molar-refractivity contribution is -0.137. The average molecular weight is 277 g/mol. The molecule has 0 saturated carbocycles. The fourth-order valence-electron chi connectivity index (χ4n) is 2.13. The van der Waals surface area contributed by atoms with Crippen molar-refractivity contribution in [3.8, 4) is 5.69 Å². The monoisotopic (exact) mass is 277 g/mol. The molecular formula is C14H10F3N3. The van der Waals surface area contributed by atoms with Gasteiger partial charge in [-0.2, -0.15) is 18.3 Å². The summed E-state index contributed by atoms with van der Waals surface area (Å²) in [5.74, 6) is 0. The van der Waals surface area contributed by atoms with Crippen LogP contribution in [0.4, 0.5) is 18.9 Å². The molecule has 2 N–H and O–H groups in total. The van der Waals surface area contributed by atoms with Gasteiger partial charge in [-0.25, -0.2) is 4.68 Å². The van der Waals surface area contributed by atoms with Crippen LogP contribution in [0.15, 0.2) is 48.7 Å². The zero-order valence-corrected chi connectivity index (χ0v) is 10.2. The van der Waals surface area contributed by atoms with Crippen molar-refractivity contribution in [3.05, 3.63) is 54.2 Å². The van der Waals surface area contributed by atoms with Gasteiger partial charge in [0.1, 0.15) is 0 Å². The van der Waals surface area contributed by atoms with Gasteiger partial charge in [0.2, 0.25) is 0 Å². The molecule has 0 atom stereocenters. The summed E-state index contributed by atoms with van der Waals surface area (Å²) in [5.41, 5.74) is 5.31. The van der Waals surface area contributed by atoms with Crippen LogP contribution in [0.2, 0.25) is 0 Å². The Balaban J connectivity index is 2.30. The Morgan fingerprint density at radius 3 is 2.55 bits per heavy atom. The lowest BCUT2D eigenvalue weighted by Gasteiger charge is -2.14. The van der Waals surface area contributed by atoms with Crippen LogP contribution in [-0.4, -0.2) is 9.78 Å². The quantitative estimate of drug-likeness (QED) is 0.690. The molecule has 0 fully saturated rings. The van der Waals surface area contributed by atoms with Crippen molar-refractivity contribution >= 4 is 16.6 Å². The second-order valence-corrected chi connectivity index (χ2v) is 4.39. The van der Waals surface area contributed by atoms with Crippen LogP contribution in [0.5, 0.6) is 0 Å². The fourth-order valence-corrected chi connectivity index (χ4v) is 2.13. The Hall–Kier alpha value is -2.50. The number of nitrogens with zero attached hydrogens (tertiary/aromatic N) is 2. The molecule has 1 heterocycles. The molecule has 0 amide bonds. The summed E-state index contributed by atoms with van der Waals surface area (Å²) in [7, 11) is 0. The molecule has 0 radical (unpaired) electrons. The van der Waals surface area contributed by atoms with Crippen LogP contribution in [0.1, 0.15) is 5.56 Å². The highest BCUT2D eigenvalue weighted by Gasteiger charge is 2.34. The van der Waals surface area contributed by atoms with Crippen LogP contribution >= 0.6 is 0 Å². The van der Waals surface area contributed by atoms with E-state index in [1.807, 2.05) is 6.07 Å². The van der Waals surface area contributed by atoms with Gasteiger partial charge in [-0.3, -0.25) is 0 Å². The van der Waals surface area contributed by atoms with E-state index in [0.29, 0.717) is 5.52 Å². The van der Waals surface area contributed by atoms with Crippen LogP contribution in [0, 0.1) is 0 Å². The highest BCUT2D eigenvalue weighted by molar-refractivity contribution is 5.80. The number of nitrogens with two attached hydrogens (primary N) is 1. The van der Waals surface area contributed by atoms with Gasteiger partial charge in [-0.05, 0) is 24.3 Å². The number of alkyl halides is 3. The lowest BCUT2D eigenvalue weighted by Crippen LogP contribution is -2.12. The standard InChI is InChI=1S/C14H10F3N3/c15-14(16,17)11-7-10(18)5-6-13(11)20-12-4-2-1-3-9(12)8-19-20/h1-8H,18H2. The number of fused-ring (bicyclic) bond motifs is 1. The van der Waals surface area contributed by atoms with Gasteiger partial charge < -0.3 is 5.73 Å². The Kier molecular flexibility index (Phi) is 2.67. The summed E-state index contributed by atoms with van der Waals surface area (Å²) < 4.78 is 40.6. The topological polar surface area (TPSA) is 43.8 Å². The molecule has 0 aliphatic carbocycles. The Morgan fingerprint density at radius 1 is 1.05 bits per heavy atom. The van der Waals surface area contributed by atoms with Crippen LogP contribution in [0.25, 0.3) is 16.6 Å². The van der Waals surface area contributed by atoms with Crippen molar-refractivity contribution in [2.45, 2.75) is 6.18 Å². The predicted octanol–water partition coefficient (Wildman–Crippen LogP) is 3.63. The first-order valence-electron chi connectivity index (χ1n) is 5.87. The second-order valence-electron chi connectivity index (χ2n) is 4.39. The molecule has 20 heavy (non-hydrogen) atoms. The Morgan fingerprint density at radius 2 is 1.80 bits per heavy atom. The number of aromatic nitrogens is 2. The molecule has 1 aromatic heterocycles. The smallest absolute Gasteiger partial charge is 0.399 e. The molecule has 3 nitrogen and oxygen atoms in total. The number of nitrogen functional groups attached to an aromatic ring is 1. The molecule has 0 saturated heterocycles. The minimum Gasteiger partial charge on any atom is -0.399 e. The maximum Gasteiger partial charge on any atom is 0.418 e.